The van der Waals surface area contributed by atoms with Crippen molar-refractivity contribution >= 4 is 34.4 Å². The number of anilines is 1. The van der Waals surface area contributed by atoms with Gasteiger partial charge in [0.2, 0.25) is 11.8 Å². The van der Waals surface area contributed by atoms with Gasteiger partial charge in [0, 0.05) is 36.6 Å². The minimum Gasteiger partial charge on any atom is -0.493 e. The van der Waals surface area contributed by atoms with Crippen LogP contribution in [0.25, 0.3) is 10.9 Å². The van der Waals surface area contributed by atoms with Gasteiger partial charge in [0.05, 0.1) is 31.0 Å². The molecular formula is C21H20N2O6. The first kappa shape index (κ1) is 19.9. The highest BCUT2D eigenvalue weighted by Crippen LogP contribution is 2.33. The van der Waals surface area contributed by atoms with Crippen LogP contribution >= 0.6 is 0 Å². The van der Waals surface area contributed by atoms with Crippen LogP contribution in [0.1, 0.15) is 28.0 Å². The fourth-order valence-corrected chi connectivity index (χ4v) is 3.01. The summed E-state index contributed by atoms with van der Waals surface area (Å²) < 4.78 is 11.8. The Hall–Kier alpha value is -3.81. The Morgan fingerprint density at radius 2 is 1.69 bits per heavy atom. The SMILES string of the molecule is COc1cc(NC(=O)CCC(=O)n2ccc3ccccc32)c(C(=O)O)cc1OC. The van der Waals surface area contributed by atoms with Gasteiger partial charge in [-0.05, 0) is 12.1 Å². The molecule has 0 saturated heterocycles. The van der Waals surface area contributed by atoms with Gasteiger partial charge in [-0.2, -0.15) is 0 Å². The van der Waals surface area contributed by atoms with Gasteiger partial charge in [0.15, 0.2) is 11.5 Å². The molecule has 0 atom stereocenters. The van der Waals surface area contributed by atoms with Crippen LogP contribution in [-0.4, -0.2) is 41.7 Å². The number of benzene rings is 2. The normalized spacial score (nSPS) is 10.6. The van der Waals surface area contributed by atoms with Gasteiger partial charge in [0.25, 0.3) is 0 Å². The summed E-state index contributed by atoms with van der Waals surface area (Å²) in [6.07, 6.45) is 1.54. The Morgan fingerprint density at radius 3 is 2.38 bits per heavy atom. The van der Waals surface area contributed by atoms with Crippen molar-refractivity contribution in [1.82, 2.24) is 4.57 Å². The third kappa shape index (κ3) is 4.21. The monoisotopic (exact) mass is 396 g/mol. The maximum atomic E-state index is 12.5. The zero-order chi connectivity index (χ0) is 21.0. The zero-order valence-corrected chi connectivity index (χ0v) is 16.0. The van der Waals surface area contributed by atoms with E-state index in [1.54, 1.807) is 6.20 Å². The lowest BCUT2D eigenvalue weighted by Gasteiger charge is -2.13. The van der Waals surface area contributed by atoms with E-state index in [1.165, 1.54) is 30.9 Å². The van der Waals surface area contributed by atoms with E-state index in [0.717, 1.165) is 10.9 Å². The summed E-state index contributed by atoms with van der Waals surface area (Å²) in [5.74, 6) is -1.42. The van der Waals surface area contributed by atoms with Crippen LogP contribution in [-0.2, 0) is 4.79 Å². The minimum atomic E-state index is -1.23. The van der Waals surface area contributed by atoms with E-state index in [2.05, 4.69) is 5.32 Å². The number of ether oxygens (including phenoxy) is 2. The first-order valence-corrected chi connectivity index (χ1v) is 8.83. The lowest BCUT2D eigenvalue weighted by Crippen LogP contribution is -2.18. The molecule has 3 rings (SSSR count). The summed E-state index contributed by atoms with van der Waals surface area (Å²) in [5, 5.41) is 12.9. The van der Waals surface area contributed by atoms with Gasteiger partial charge in [0.1, 0.15) is 0 Å². The quantitative estimate of drug-likeness (QED) is 0.634. The average Bonchev–Trinajstić information content (AvgIpc) is 3.15. The number of carbonyl (C=O) groups is 3. The molecule has 3 aromatic rings. The van der Waals surface area contributed by atoms with E-state index in [0.29, 0.717) is 0 Å². The van der Waals surface area contributed by atoms with Crippen molar-refractivity contribution in [3.8, 4) is 11.5 Å². The van der Waals surface area contributed by atoms with Crippen LogP contribution in [0.5, 0.6) is 11.5 Å². The molecule has 1 heterocycles. The Bertz CT molecular complexity index is 1090. The van der Waals surface area contributed by atoms with E-state index in [-0.39, 0.29) is 41.5 Å². The Kier molecular flexibility index (Phi) is 5.82. The number of hydrogen-bond acceptors (Lipinski definition) is 5. The van der Waals surface area contributed by atoms with Gasteiger partial charge < -0.3 is 19.9 Å². The van der Waals surface area contributed by atoms with Crippen molar-refractivity contribution in [3.05, 3.63) is 54.2 Å². The van der Waals surface area contributed by atoms with E-state index < -0.39 is 11.9 Å². The Morgan fingerprint density at radius 1 is 1.00 bits per heavy atom. The molecule has 8 nitrogen and oxygen atoms in total. The number of para-hydroxylation sites is 1. The topological polar surface area (TPSA) is 107 Å². The molecule has 8 heteroatoms. The molecule has 0 spiro atoms. The van der Waals surface area contributed by atoms with Crippen LogP contribution < -0.4 is 14.8 Å². The number of fused-ring (bicyclic) bond motifs is 1. The third-order valence-corrected chi connectivity index (χ3v) is 4.46. The number of carboxylic acids is 1. The zero-order valence-electron chi connectivity index (χ0n) is 16.0. The van der Waals surface area contributed by atoms with E-state index >= 15 is 0 Å². The predicted molar refractivity (Wildman–Crippen MR) is 107 cm³/mol. The molecule has 150 valence electrons. The molecule has 0 aliphatic heterocycles. The maximum absolute atomic E-state index is 12.5. The lowest BCUT2D eigenvalue weighted by molar-refractivity contribution is -0.116. The van der Waals surface area contributed by atoms with Crippen molar-refractivity contribution in [2.75, 3.05) is 19.5 Å². The van der Waals surface area contributed by atoms with Crippen molar-refractivity contribution in [3.63, 3.8) is 0 Å². The maximum Gasteiger partial charge on any atom is 0.337 e. The molecule has 1 amide bonds. The first-order chi connectivity index (χ1) is 13.9. The molecule has 0 fully saturated rings. The molecule has 2 aromatic carbocycles. The highest BCUT2D eigenvalue weighted by molar-refractivity contribution is 6.02. The van der Waals surface area contributed by atoms with Crippen molar-refractivity contribution in [2.45, 2.75) is 12.8 Å². The van der Waals surface area contributed by atoms with E-state index in [4.69, 9.17) is 9.47 Å². The fourth-order valence-electron chi connectivity index (χ4n) is 3.01. The average molecular weight is 396 g/mol. The summed E-state index contributed by atoms with van der Waals surface area (Å²) in [7, 11) is 2.79. The predicted octanol–water partition coefficient (Wildman–Crippen LogP) is 3.42. The number of rotatable bonds is 7. The van der Waals surface area contributed by atoms with Crippen LogP contribution in [0.2, 0.25) is 0 Å². The van der Waals surface area contributed by atoms with Crippen LogP contribution in [0.15, 0.2) is 48.7 Å². The highest BCUT2D eigenvalue weighted by Gasteiger charge is 2.19. The van der Waals surface area contributed by atoms with Crippen molar-refractivity contribution in [2.24, 2.45) is 0 Å². The second-order valence-corrected chi connectivity index (χ2v) is 6.24. The largest absolute Gasteiger partial charge is 0.493 e. The number of carboxylic acid groups (broad SMARTS) is 1. The molecule has 2 N–H and O–H groups in total. The van der Waals surface area contributed by atoms with Gasteiger partial charge in [-0.15, -0.1) is 0 Å². The summed E-state index contributed by atoms with van der Waals surface area (Å²) in [5.41, 5.74) is 0.698. The molecule has 0 bridgehead atoms. The number of aromatic carboxylic acids is 1. The van der Waals surface area contributed by atoms with E-state index in [1.807, 2.05) is 30.3 Å². The highest BCUT2D eigenvalue weighted by atomic mass is 16.5. The standard InChI is InChI=1S/C21H20N2O6/c1-28-17-11-14(21(26)27)15(12-18(17)29-2)22-19(24)7-8-20(25)23-10-9-13-5-3-4-6-16(13)23/h3-6,9-12H,7-8H2,1-2H3,(H,22,24)(H,26,27). The van der Waals surface area contributed by atoms with E-state index in [9.17, 15) is 19.5 Å². The number of nitrogens with zero attached hydrogens (tertiary/aromatic N) is 1. The summed E-state index contributed by atoms with van der Waals surface area (Å²) in [4.78, 5) is 36.3. The molecule has 0 unspecified atom stereocenters. The summed E-state index contributed by atoms with van der Waals surface area (Å²) in [6, 6.07) is 11.9. The van der Waals surface area contributed by atoms with Gasteiger partial charge >= 0.3 is 5.97 Å². The van der Waals surface area contributed by atoms with Gasteiger partial charge in [-0.3, -0.25) is 14.2 Å². The van der Waals surface area contributed by atoms with Crippen LogP contribution in [0.4, 0.5) is 5.69 Å². The van der Waals surface area contributed by atoms with Gasteiger partial charge in [-0.25, -0.2) is 4.79 Å². The van der Waals surface area contributed by atoms with Crippen molar-refractivity contribution in [1.29, 1.82) is 0 Å². The second-order valence-electron chi connectivity index (χ2n) is 6.24. The molecule has 0 aliphatic carbocycles. The number of nitrogens with one attached hydrogen (secondary N) is 1. The molecular weight excluding hydrogens is 376 g/mol. The number of amides is 1. The molecule has 0 aliphatic rings. The number of aromatic nitrogens is 1. The Balaban J connectivity index is 1.72. The van der Waals surface area contributed by atoms with Crippen molar-refractivity contribution < 1.29 is 29.0 Å². The number of methoxy groups -OCH3 is 2. The molecule has 0 saturated carbocycles. The van der Waals surface area contributed by atoms with Gasteiger partial charge in [-0.1, -0.05) is 18.2 Å². The second kappa shape index (κ2) is 8.47. The molecule has 29 heavy (non-hydrogen) atoms. The number of hydrogen-bond donors (Lipinski definition) is 2. The number of carbonyl (C=O) groups excluding carboxylic acids is 2. The molecule has 0 radical (unpaired) electrons. The third-order valence-electron chi connectivity index (χ3n) is 4.46. The lowest BCUT2D eigenvalue weighted by atomic mass is 10.1. The summed E-state index contributed by atoms with van der Waals surface area (Å²) >= 11 is 0. The fraction of sp³-hybridized carbons (Fsp3) is 0.190. The molecule has 1 aromatic heterocycles. The van der Waals surface area contributed by atoms with Crippen LogP contribution in [0.3, 0.4) is 0 Å². The first-order valence-electron chi connectivity index (χ1n) is 8.83. The summed E-state index contributed by atoms with van der Waals surface area (Å²) in [6.45, 7) is 0. The smallest absolute Gasteiger partial charge is 0.337 e. The minimum absolute atomic E-state index is 0.0276. The van der Waals surface area contributed by atoms with Crippen LogP contribution in [0, 0.1) is 0 Å². The Labute approximate surface area is 166 Å².